The number of rotatable bonds is 2. The summed E-state index contributed by atoms with van der Waals surface area (Å²) in [6, 6.07) is 7.45. The Labute approximate surface area is 110 Å². The number of hydrogen-bond donors (Lipinski definition) is 1. The number of fused-ring (bicyclic) bond motifs is 1. The zero-order valence-electron chi connectivity index (χ0n) is 11.6. The summed E-state index contributed by atoms with van der Waals surface area (Å²) in [5.41, 5.74) is 4.40. The first-order valence-corrected chi connectivity index (χ1v) is 7.25. The first kappa shape index (κ1) is 12.2. The van der Waals surface area contributed by atoms with Gasteiger partial charge in [0.1, 0.15) is 0 Å². The van der Waals surface area contributed by atoms with Gasteiger partial charge in [0.2, 0.25) is 0 Å². The highest BCUT2D eigenvalue weighted by Gasteiger charge is 2.33. The van der Waals surface area contributed by atoms with Gasteiger partial charge in [0.25, 0.3) is 0 Å². The van der Waals surface area contributed by atoms with E-state index in [1.165, 1.54) is 49.2 Å². The van der Waals surface area contributed by atoms with Crippen LogP contribution in [0.25, 0.3) is 0 Å². The number of benzene rings is 1. The number of hydrogen-bond acceptors (Lipinski definition) is 2. The predicted molar refractivity (Wildman–Crippen MR) is 75.7 cm³/mol. The Morgan fingerprint density at radius 2 is 2.17 bits per heavy atom. The molecule has 2 fully saturated rings. The molecule has 0 spiro atoms. The number of piperidine rings is 1. The molecule has 0 bridgehead atoms. The maximum Gasteiger partial charge on any atom is 0.0237 e. The van der Waals surface area contributed by atoms with Gasteiger partial charge in [-0.25, -0.2) is 0 Å². The van der Waals surface area contributed by atoms with Crippen molar-refractivity contribution >= 4 is 0 Å². The maximum atomic E-state index is 3.68. The summed E-state index contributed by atoms with van der Waals surface area (Å²) in [5, 5.41) is 3.68. The molecule has 2 aliphatic heterocycles. The average molecular weight is 244 g/mol. The second-order valence-electron chi connectivity index (χ2n) is 6.02. The normalized spacial score (nSPS) is 28.3. The molecule has 1 N–H and O–H groups in total. The Morgan fingerprint density at radius 3 is 3.00 bits per heavy atom. The molecule has 0 aliphatic carbocycles. The first-order chi connectivity index (χ1) is 8.74. The summed E-state index contributed by atoms with van der Waals surface area (Å²) in [4.78, 5) is 2.63. The Morgan fingerprint density at radius 1 is 1.28 bits per heavy atom. The summed E-state index contributed by atoms with van der Waals surface area (Å²) in [7, 11) is 0. The van der Waals surface area contributed by atoms with Crippen LogP contribution in [0.1, 0.15) is 29.5 Å². The average Bonchev–Trinajstić information content (AvgIpc) is 2.77. The van der Waals surface area contributed by atoms with Gasteiger partial charge in [-0.3, -0.25) is 4.90 Å². The number of nitrogens with one attached hydrogen (secondary N) is 1. The zero-order valence-corrected chi connectivity index (χ0v) is 11.6. The van der Waals surface area contributed by atoms with Gasteiger partial charge in [-0.05, 0) is 55.8 Å². The summed E-state index contributed by atoms with van der Waals surface area (Å²) in [5.74, 6) is 0.892. The van der Waals surface area contributed by atoms with Crippen molar-refractivity contribution < 1.29 is 0 Å². The molecule has 2 aliphatic rings. The molecule has 2 heteroatoms. The smallest absolute Gasteiger partial charge is 0.0237 e. The van der Waals surface area contributed by atoms with E-state index in [0.717, 1.165) is 18.5 Å². The van der Waals surface area contributed by atoms with Crippen molar-refractivity contribution in [1.29, 1.82) is 0 Å². The van der Waals surface area contributed by atoms with Crippen LogP contribution >= 0.6 is 0 Å². The minimum absolute atomic E-state index is 0.754. The molecule has 0 unspecified atom stereocenters. The van der Waals surface area contributed by atoms with Crippen molar-refractivity contribution in [3.63, 3.8) is 0 Å². The van der Waals surface area contributed by atoms with E-state index in [1.807, 2.05) is 0 Å². The Bertz CT molecular complexity index is 413. The molecule has 1 aromatic rings. The summed E-state index contributed by atoms with van der Waals surface area (Å²) in [6.45, 7) is 9.33. The van der Waals surface area contributed by atoms with Crippen LogP contribution in [0, 0.1) is 19.8 Å². The van der Waals surface area contributed by atoms with E-state index in [9.17, 15) is 0 Å². The van der Waals surface area contributed by atoms with E-state index in [4.69, 9.17) is 0 Å². The van der Waals surface area contributed by atoms with Gasteiger partial charge in [0.05, 0.1) is 0 Å². The molecule has 0 radical (unpaired) electrons. The van der Waals surface area contributed by atoms with Crippen molar-refractivity contribution in [3.8, 4) is 0 Å². The predicted octanol–water partition coefficient (Wildman–Crippen LogP) is 2.49. The largest absolute Gasteiger partial charge is 0.312 e. The van der Waals surface area contributed by atoms with Gasteiger partial charge < -0.3 is 5.32 Å². The van der Waals surface area contributed by atoms with E-state index >= 15 is 0 Å². The molecule has 0 aromatic heterocycles. The Balaban J connectivity index is 1.68. The molecular weight excluding hydrogens is 220 g/mol. The van der Waals surface area contributed by atoms with E-state index < -0.39 is 0 Å². The van der Waals surface area contributed by atoms with Crippen LogP contribution in [0.3, 0.4) is 0 Å². The SMILES string of the molecule is Cc1cccc(CN2C[C@@H]3CCCN[C@@H]3C2)c1C. The summed E-state index contributed by atoms with van der Waals surface area (Å²) >= 11 is 0. The Hall–Kier alpha value is -0.860. The van der Waals surface area contributed by atoms with E-state index in [0.29, 0.717) is 0 Å². The van der Waals surface area contributed by atoms with Crippen LogP contribution in [-0.4, -0.2) is 30.6 Å². The summed E-state index contributed by atoms with van der Waals surface area (Å²) in [6.07, 6.45) is 2.78. The summed E-state index contributed by atoms with van der Waals surface area (Å²) < 4.78 is 0. The topological polar surface area (TPSA) is 15.3 Å². The molecular formula is C16H24N2. The fraction of sp³-hybridized carbons (Fsp3) is 0.625. The van der Waals surface area contributed by atoms with E-state index in [1.54, 1.807) is 0 Å². The molecule has 98 valence electrons. The van der Waals surface area contributed by atoms with Crippen LogP contribution in [-0.2, 0) is 6.54 Å². The van der Waals surface area contributed by atoms with Gasteiger partial charge in [0.15, 0.2) is 0 Å². The fourth-order valence-corrected chi connectivity index (χ4v) is 3.49. The molecule has 0 saturated carbocycles. The minimum Gasteiger partial charge on any atom is -0.312 e. The van der Waals surface area contributed by atoms with Crippen LogP contribution in [0.5, 0.6) is 0 Å². The van der Waals surface area contributed by atoms with Gasteiger partial charge in [-0.2, -0.15) is 0 Å². The third-order valence-electron chi connectivity index (χ3n) is 4.79. The van der Waals surface area contributed by atoms with E-state index in [2.05, 4.69) is 42.3 Å². The third kappa shape index (κ3) is 2.32. The highest BCUT2D eigenvalue weighted by atomic mass is 15.2. The maximum absolute atomic E-state index is 3.68. The van der Waals surface area contributed by atoms with Crippen LogP contribution in [0.4, 0.5) is 0 Å². The number of likely N-dealkylation sites (tertiary alicyclic amines) is 1. The second kappa shape index (κ2) is 5.02. The first-order valence-electron chi connectivity index (χ1n) is 7.25. The minimum atomic E-state index is 0.754. The quantitative estimate of drug-likeness (QED) is 0.860. The Kier molecular flexibility index (Phi) is 3.40. The molecule has 0 amide bonds. The van der Waals surface area contributed by atoms with Crippen molar-refractivity contribution in [2.75, 3.05) is 19.6 Å². The monoisotopic (exact) mass is 244 g/mol. The lowest BCUT2D eigenvalue weighted by atomic mass is 9.94. The molecule has 2 nitrogen and oxygen atoms in total. The van der Waals surface area contributed by atoms with E-state index in [-0.39, 0.29) is 0 Å². The number of nitrogens with zero attached hydrogens (tertiary/aromatic N) is 1. The van der Waals surface area contributed by atoms with Crippen LogP contribution < -0.4 is 5.32 Å². The molecule has 1 aromatic carbocycles. The molecule has 2 atom stereocenters. The third-order valence-corrected chi connectivity index (χ3v) is 4.79. The lowest BCUT2D eigenvalue weighted by Crippen LogP contribution is -2.40. The standard InChI is InChI=1S/C16H24N2/c1-12-5-3-6-14(13(12)2)9-18-10-15-7-4-8-17-16(15)11-18/h3,5-6,15-17H,4,7-11H2,1-2H3/t15-,16+/m0/s1. The highest BCUT2D eigenvalue weighted by molar-refractivity contribution is 5.33. The second-order valence-corrected chi connectivity index (χ2v) is 6.02. The number of aryl methyl sites for hydroxylation is 1. The molecule has 18 heavy (non-hydrogen) atoms. The molecule has 2 heterocycles. The van der Waals surface area contributed by atoms with Crippen molar-refractivity contribution in [1.82, 2.24) is 10.2 Å². The van der Waals surface area contributed by atoms with Crippen molar-refractivity contribution in [2.45, 2.75) is 39.3 Å². The van der Waals surface area contributed by atoms with Crippen LogP contribution in [0.15, 0.2) is 18.2 Å². The van der Waals surface area contributed by atoms with Crippen molar-refractivity contribution in [2.24, 2.45) is 5.92 Å². The van der Waals surface area contributed by atoms with Gasteiger partial charge in [-0.15, -0.1) is 0 Å². The van der Waals surface area contributed by atoms with Crippen LogP contribution in [0.2, 0.25) is 0 Å². The van der Waals surface area contributed by atoms with Crippen molar-refractivity contribution in [3.05, 3.63) is 34.9 Å². The lowest BCUT2D eigenvalue weighted by Gasteiger charge is -2.24. The van der Waals surface area contributed by atoms with Gasteiger partial charge in [0, 0.05) is 25.7 Å². The highest BCUT2D eigenvalue weighted by Crippen LogP contribution is 2.26. The van der Waals surface area contributed by atoms with Gasteiger partial charge >= 0.3 is 0 Å². The molecule has 2 saturated heterocycles. The molecule has 3 rings (SSSR count). The lowest BCUT2D eigenvalue weighted by molar-refractivity contribution is 0.312. The van der Waals surface area contributed by atoms with Gasteiger partial charge in [-0.1, -0.05) is 18.2 Å². The fourth-order valence-electron chi connectivity index (χ4n) is 3.49. The zero-order chi connectivity index (χ0) is 12.5.